The molecule has 0 unspecified atom stereocenters. The van der Waals surface area contributed by atoms with Crippen molar-refractivity contribution in [2.75, 3.05) is 33.9 Å². The van der Waals surface area contributed by atoms with E-state index in [2.05, 4.69) is 46.5 Å². The molecule has 1 N–H and O–H groups in total. The third-order valence-electron chi connectivity index (χ3n) is 4.28. The van der Waals surface area contributed by atoms with E-state index in [0.29, 0.717) is 5.92 Å². The SMILES string of the molecule is CN=C(NCc1csc(C(C)C)n1)N(C)CCC1CCOCC1.I. The van der Waals surface area contributed by atoms with Crippen molar-refractivity contribution in [3.05, 3.63) is 16.1 Å². The van der Waals surface area contributed by atoms with Crippen LogP contribution in [-0.4, -0.2) is 49.7 Å². The van der Waals surface area contributed by atoms with Crippen LogP contribution in [0.15, 0.2) is 10.4 Å². The molecule has 0 aromatic carbocycles. The van der Waals surface area contributed by atoms with Crippen LogP contribution in [0.25, 0.3) is 0 Å². The van der Waals surface area contributed by atoms with Crippen LogP contribution in [0.1, 0.15) is 49.7 Å². The normalized spacial score (nSPS) is 16.1. The maximum absolute atomic E-state index is 5.43. The van der Waals surface area contributed by atoms with Gasteiger partial charge in [0.15, 0.2) is 5.96 Å². The molecule has 0 spiro atoms. The van der Waals surface area contributed by atoms with Gasteiger partial charge >= 0.3 is 0 Å². The molecular formula is C17H31IN4OS. The second-order valence-corrected chi connectivity index (χ2v) is 7.39. The van der Waals surface area contributed by atoms with Crippen molar-refractivity contribution in [3.63, 3.8) is 0 Å². The second-order valence-electron chi connectivity index (χ2n) is 6.50. The van der Waals surface area contributed by atoms with Gasteiger partial charge < -0.3 is 15.0 Å². The first-order valence-electron chi connectivity index (χ1n) is 8.54. The van der Waals surface area contributed by atoms with Gasteiger partial charge in [-0.15, -0.1) is 35.3 Å². The Balaban J connectivity index is 0.00000288. The number of aromatic nitrogens is 1. The van der Waals surface area contributed by atoms with Crippen molar-refractivity contribution in [3.8, 4) is 0 Å². The number of rotatable bonds is 6. The number of halogens is 1. The summed E-state index contributed by atoms with van der Waals surface area (Å²) < 4.78 is 5.43. The lowest BCUT2D eigenvalue weighted by molar-refractivity contribution is 0.0625. The predicted molar refractivity (Wildman–Crippen MR) is 113 cm³/mol. The van der Waals surface area contributed by atoms with E-state index in [4.69, 9.17) is 4.74 Å². The quantitative estimate of drug-likeness (QED) is 0.395. The molecule has 0 amide bonds. The summed E-state index contributed by atoms with van der Waals surface area (Å²) in [5, 5.41) is 6.76. The molecule has 138 valence electrons. The molecule has 24 heavy (non-hydrogen) atoms. The maximum atomic E-state index is 5.43. The highest BCUT2D eigenvalue weighted by atomic mass is 127. The molecule has 1 fully saturated rings. The fourth-order valence-corrected chi connectivity index (χ4v) is 3.58. The number of guanidine groups is 1. The lowest BCUT2D eigenvalue weighted by atomic mass is 9.96. The van der Waals surface area contributed by atoms with Crippen LogP contribution in [0, 0.1) is 5.92 Å². The number of ether oxygens (including phenoxy) is 1. The molecule has 7 heteroatoms. The van der Waals surface area contributed by atoms with Gasteiger partial charge in [0.25, 0.3) is 0 Å². The van der Waals surface area contributed by atoms with Crippen LogP contribution in [0.4, 0.5) is 0 Å². The van der Waals surface area contributed by atoms with Gasteiger partial charge in [0.2, 0.25) is 0 Å². The standard InChI is InChI=1S/C17H30N4OS.HI/c1-13(2)16-20-15(12-23-16)11-19-17(18-3)21(4)8-5-14-6-9-22-10-7-14;/h12-14H,5-11H2,1-4H3,(H,18,19);1H. The molecule has 2 heterocycles. The van der Waals surface area contributed by atoms with Crippen molar-refractivity contribution in [2.24, 2.45) is 10.9 Å². The summed E-state index contributed by atoms with van der Waals surface area (Å²) in [6.45, 7) is 7.96. The van der Waals surface area contributed by atoms with Gasteiger partial charge in [-0.25, -0.2) is 4.98 Å². The first kappa shape index (κ1) is 21.6. The van der Waals surface area contributed by atoms with Gasteiger partial charge in [-0.1, -0.05) is 13.8 Å². The molecule has 1 aliphatic heterocycles. The summed E-state index contributed by atoms with van der Waals surface area (Å²) in [5.41, 5.74) is 1.10. The summed E-state index contributed by atoms with van der Waals surface area (Å²) in [6.07, 6.45) is 3.59. The largest absolute Gasteiger partial charge is 0.381 e. The average Bonchev–Trinajstić information content (AvgIpc) is 3.04. The molecule has 2 rings (SSSR count). The molecule has 0 bridgehead atoms. The predicted octanol–water partition coefficient (Wildman–Crippen LogP) is 3.71. The fraction of sp³-hybridized carbons (Fsp3) is 0.765. The van der Waals surface area contributed by atoms with Gasteiger partial charge in [-0.3, -0.25) is 4.99 Å². The molecule has 1 aromatic heterocycles. The Morgan fingerprint density at radius 2 is 2.17 bits per heavy atom. The molecule has 0 aliphatic carbocycles. The third kappa shape index (κ3) is 6.84. The lowest BCUT2D eigenvalue weighted by Gasteiger charge is -2.26. The summed E-state index contributed by atoms with van der Waals surface area (Å²) in [6, 6.07) is 0. The Bertz CT molecular complexity index is 501. The van der Waals surface area contributed by atoms with E-state index in [1.807, 2.05) is 7.05 Å². The van der Waals surface area contributed by atoms with Crippen LogP contribution in [0.5, 0.6) is 0 Å². The number of hydrogen-bond donors (Lipinski definition) is 1. The van der Waals surface area contributed by atoms with Crippen LogP contribution < -0.4 is 5.32 Å². The monoisotopic (exact) mass is 466 g/mol. The van der Waals surface area contributed by atoms with Gasteiger partial charge in [-0.05, 0) is 25.2 Å². The molecule has 0 saturated carbocycles. The van der Waals surface area contributed by atoms with E-state index in [9.17, 15) is 0 Å². The fourth-order valence-electron chi connectivity index (χ4n) is 2.74. The third-order valence-corrected chi connectivity index (χ3v) is 5.47. The van der Waals surface area contributed by atoms with Crippen molar-refractivity contribution in [2.45, 2.75) is 45.6 Å². The molecule has 1 saturated heterocycles. The van der Waals surface area contributed by atoms with Crippen molar-refractivity contribution in [1.29, 1.82) is 0 Å². The van der Waals surface area contributed by atoms with Crippen molar-refractivity contribution < 1.29 is 4.74 Å². The van der Waals surface area contributed by atoms with E-state index in [-0.39, 0.29) is 24.0 Å². The molecule has 0 atom stereocenters. The van der Waals surface area contributed by atoms with E-state index in [0.717, 1.165) is 43.9 Å². The molecule has 1 aliphatic rings. The second kappa shape index (κ2) is 11.3. The summed E-state index contributed by atoms with van der Waals surface area (Å²) in [7, 11) is 3.95. The number of hydrogen-bond acceptors (Lipinski definition) is 4. The Morgan fingerprint density at radius 3 is 2.75 bits per heavy atom. The lowest BCUT2D eigenvalue weighted by Crippen LogP contribution is -2.39. The van der Waals surface area contributed by atoms with Crippen LogP contribution >= 0.6 is 35.3 Å². The van der Waals surface area contributed by atoms with Crippen LogP contribution in [0.2, 0.25) is 0 Å². The Hall–Kier alpha value is -0.410. The molecular weight excluding hydrogens is 435 g/mol. The van der Waals surface area contributed by atoms with Crippen LogP contribution in [0.3, 0.4) is 0 Å². The van der Waals surface area contributed by atoms with Crippen molar-refractivity contribution in [1.82, 2.24) is 15.2 Å². The van der Waals surface area contributed by atoms with E-state index in [1.165, 1.54) is 24.3 Å². The van der Waals surface area contributed by atoms with E-state index < -0.39 is 0 Å². The average molecular weight is 466 g/mol. The molecule has 5 nitrogen and oxygen atoms in total. The number of nitrogens with zero attached hydrogens (tertiary/aromatic N) is 3. The van der Waals surface area contributed by atoms with E-state index in [1.54, 1.807) is 11.3 Å². The topological polar surface area (TPSA) is 49.8 Å². The highest BCUT2D eigenvalue weighted by Gasteiger charge is 2.15. The van der Waals surface area contributed by atoms with E-state index >= 15 is 0 Å². The minimum atomic E-state index is 0. The van der Waals surface area contributed by atoms with Gasteiger partial charge in [0.05, 0.1) is 17.2 Å². The zero-order chi connectivity index (χ0) is 16.7. The zero-order valence-electron chi connectivity index (χ0n) is 15.2. The zero-order valence-corrected chi connectivity index (χ0v) is 18.4. The maximum Gasteiger partial charge on any atom is 0.193 e. The smallest absolute Gasteiger partial charge is 0.193 e. The number of aliphatic imine (C=N–C) groups is 1. The van der Waals surface area contributed by atoms with Crippen LogP contribution in [-0.2, 0) is 11.3 Å². The Labute approximate surface area is 167 Å². The summed E-state index contributed by atoms with van der Waals surface area (Å²) >= 11 is 1.74. The van der Waals surface area contributed by atoms with Crippen molar-refractivity contribution >= 4 is 41.3 Å². The molecule has 1 aromatic rings. The highest BCUT2D eigenvalue weighted by molar-refractivity contribution is 14.0. The number of nitrogens with one attached hydrogen (secondary N) is 1. The number of thiazole rings is 1. The first-order chi connectivity index (χ1) is 11.1. The van der Waals surface area contributed by atoms with Gasteiger partial charge in [-0.2, -0.15) is 0 Å². The minimum Gasteiger partial charge on any atom is -0.381 e. The first-order valence-corrected chi connectivity index (χ1v) is 9.42. The minimum absolute atomic E-state index is 0. The summed E-state index contributed by atoms with van der Waals surface area (Å²) in [5.74, 6) is 2.22. The Kier molecular flexibility index (Phi) is 10.1. The van der Waals surface area contributed by atoms with Gasteiger partial charge in [0, 0.05) is 45.2 Å². The Morgan fingerprint density at radius 1 is 1.46 bits per heavy atom. The highest BCUT2D eigenvalue weighted by Crippen LogP contribution is 2.19. The molecule has 0 radical (unpaired) electrons. The van der Waals surface area contributed by atoms with Gasteiger partial charge in [0.1, 0.15) is 0 Å². The summed E-state index contributed by atoms with van der Waals surface area (Å²) in [4.78, 5) is 11.3.